The number of anilines is 1. The van der Waals surface area contributed by atoms with Crippen molar-refractivity contribution < 1.29 is 27.5 Å². The van der Waals surface area contributed by atoms with E-state index in [9.17, 15) is 22.8 Å². The van der Waals surface area contributed by atoms with Crippen LogP contribution in [0.2, 0.25) is 0 Å². The minimum absolute atomic E-state index is 0.0397. The second-order valence-corrected chi connectivity index (χ2v) is 9.57. The molecule has 1 aliphatic rings. The lowest BCUT2D eigenvalue weighted by atomic mass is 10.1. The van der Waals surface area contributed by atoms with Crippen LogP contribution in [0.1, 0.15) is 39.6 Å². The molecule has 1 heterocycles. The van der Waals surface area contributed by atoms with Gasteiger partial charge >= 0.3 is 5.97 Å². The summed E-state index contributed by atoms with van der Waals surface area (Å²) in [5.74, 6) is -1.60. The zero-order valence-electron chi connectivity index (χ0n) is 17.3. The van der Waals surface area contributed by atoms with E-state index in [4.69, 9.17) is 4.74 Å². The van der Waals surface area contributed by atoms with Crippen LogP contribution >= 0.6 is 0 Å². The highest BCUT2D eigenvalue weighted by atomic mass is 32.2. The summed E-state index contributed by atoms with van der Waals surface area (Å²) in [6.45, 7) is 2.14. The SMILES string of the molecule is CCOC(=O)c1cccc(NC(=O)[C@H](CCS(C)(=O)=O)N2Cc3ccccc3C2=O)c1. The summed E-state index contributed by atoms with van der Waals surface area (Å²) < 4.78 is 28.4. The van der Waals surface area contributed by atoms with E-state index in [0.29, 0.717) is 11.3 Å². The van der Waals surface area contributed by atoms with Crippen LogP contribution < -0.4 is 5.32 Å². The van der Waals surface area contributed by atoms with Gasteiger partial charge < -0.3 is 15.0 Å². The second kappa shape index (κ2) is 9.30. The summed E-state index contributed by atoms with van der Waals surface area (Å²) in [5, 5.41) is 2.70. The van der Waals surface area contributed by atoms with Crippen LogP contribution in [0.4, 0.5) is 5.69 Å². The van der Waals surface area contributed by atoms with Crippen molar-refractivity contribution in [3.63, 3.8) is 0 Å². The maximum absolute atomic E-state index is 13.1. The van der Waals surface area contributed by atoms with Gasteiger partial charge in [-0.3, -0.25) is 9.59 Å². The maximum Gasteiger partial charge on any atom is 0.338 e. The number of hydrogen-bond donors (Lipinski definition) is 1. The largest absolute Gasteiger partial charge is 0.462 e. The number of hydrogen-bond acceptors (Lipinski definition) is 6. The molecular formula is C22H24N2O6S. The molecule has 0 saturated carbocycles. The van der Waals surface area contributed by atoms with Crippen molar-refractivity contribution in [3.8, 4) is 0 Å². The fraction of sp³-hybridized carbons (Fsp3) is 0.318. The summed E-state index contributed by atoms with van der Waals surface area (Å²) in [6, 6.07) is 12.3. The average Bonchev–Trinajstić information content (AvgIpc) is 3.04. The first kappa shape index (κ1) is 22.5. The number of rotatable bonds is 8. The monoisotopic (exact) mass is 444 g/mol. The topological polar surface area (TPSA) is 110 Å². The van der Waals surface area contributed by atoms with Crippen molar-refractivity contribution in [3.05, 3.63) is 65.2 Å². The highest BCUT2D eigenvalue weighted by Gasteiger charge is 2.36. The minimum Gasteiger partial charge on any atom is -0.462 e. The smallest absolute Gasteiger partial charge is 0.338 e. The summed E-state index contributed by atoms with van der Waals surface area (Å²) in [4.78, 5) is 39.3. The number of esters is 1. The molecule has 1 atom stereocenters. The van der Waals surface area contributed by atoms with Crippen LogP contribution in [0.5, 0.6) is 0 Å². The zero-order valence-corrected chi connectivity index (χ0v) is 18.1. The Hall–Kier alpha value is -3.20. The highest BCUT2D eigenvalue weighted by Crippen LogP contribution is 2.26. The molecule has 0 unspecified atom stereocenters. The molecule has 3 rings (SSSR count). The van der Waals surface area contributed by atoms with Crippen LogP contribution in [-0.4, -0.2) is 55.8 Å². The van der Waals surface area contributed by atoms with Crippen molar-refractivity contribution >= 4 is 33.3 Å². The number of carbonyl (C=O) groups is 3. The van der Waals surface area contributed by atoms with E-state index < -0.39 is 27.8 Å². The third-order valence-corrected chi connectivity index (χ3v) is 5.91. The molecule has 9 heteroatoms. The lowest BCUT2D eigenvalue weighted by Crippen LogP contribution is -2.45. The predicted molar refractivity (Wildman–Crippen MR) is 115 cm³/mol. The third-order valence-electron chi connectivity index (χ3n) is 4.93. The molecule has 8 nitrogen and oxygen atoms in total. The summed E-state index contributed by atoms with van der Waals surface area (Å²) >= 11 is 0. The molecule has 0 aliphatic carbocycles. The number of amides is 2. The van der Waals surface area contributed by atoms with Gasteiger partial charge in [0.25, 0.3) is 5.91 Å². The van der Waals surface area contributed by atoms with E-state index in [-0.39, 0.29) is 36.8 Å². The van der Waals surface area contributed by atoms with Gasteiger partial charge in [0.1, 0.15) is 15.9 Å². The van der Waals surface area contributed by atoms with Gasteiger partial charge in [0.2, 0.25) is 5.91 Å². The molecule has 0 radical (unpaired) electrons. The van der Waals surface area contributed by atoms with Gasteiger partial charge in [0, 0.05) is 24.1 Å². The molecule has 0 saturated heterocycles. The highest BCUT2D eigenvalue weighted by molar-refractivity contribution is 7.90. The molecule has 0 bridgehead atoms. The lowest BCUT2D eigenvalue weighted by Gasteiger charge is -2.27. The van der Waals surface area contributed by atoms with Crippen molar-refractivity contribution in [2.45, 2.75) is 25.9 Å². The third kappa shape index (κ3) is 5.49. The van der Waals surface area contributed by atoms with Crippen LogP contribution in [0.15, 0.2) is 48.5 Å². The number of benzene rings is 2. The number of carbonyl (C=O) groups excluding carboxylic acids is 3. The van der Waals surface area contributed by atoms with Crippen LogP contribution in [-0.2, 0) is 25.9 Å². The normalized spacial score (nSPS) is 14.1. The Morgan fingerprint density at radius 3 is 2.58 bits per heavy atom. The van der Waals surface area contributed by atoms with E-state index in [1.54, 1.807) is 37.3 Å². The summed E-state index contributed by atoms with van der Waals surface area (Å²) in [7, 11) is -3.34. The van der Waals surface area contributed by atoms with E-state index in [1.807, 2.05) is 12.1 Å². The van der Waals surface area contributed by atoms with Gasteiger partial charge in [0.05, 0.1) is 17.9 Å². The standard InChI is InChI=1S/C22H24N2O6S/c1-3-30-22(27)15-8-6-9-17(13-15)23-20(25)19(11-12-31(2,28)29)24-14-16-7-4-5-10-18(16)21(24)26/h4-10,13,19H,3,11-12,14H2,1-2H3,(H,23,25)/t19-/m0/s1. The molecule has 164 valence electrons. The Labute approximate surface area is 181 Å². The van der Waals surface area contributed by atoms with Crippen molar-refractivity contribution in [2.24, 2.45) is 0 Å². The van der Waals surface area contributed by atoms with E-state index in [1.165, 1.54) is 11.0 Å². The van der Waals surface area contributed by atoms with Crippen molar-refractivity contribution in [2.75, 3.05) is 23.9 Å². The molecule has 2 aromatic carbocycles. The van der Waals surface area contributed by atoms with E-state index >= 15 is 0 Å². The van der Waals surface area contributed by atoms with Gasteiger partial charge in [-0.25, -0.2) is 13.2 Å². The first-order valence-corrected chi connectivity index (χ1v) is 11.9. The second-order valence-electron chi connectivity index (χ2n) is 7.32. The molecule has 2 aromatic rings. The van der Waals surface area contributed by atoms with Gasteiger partial charge in [-0.2, -0.15) is 0 Å². The molecule has 1 N–H and O–H groups in total. The van der Waals surface area contributed by atoms with Gasteiger partial charge in [-0.1, -0.05) is 24.3 Å². The average molecular weight is 445 g/mol. The number of ether oxygens (including phenoxy) is 1. The lowest BCUT2D eigenvalue weighted by molar-refractivity contribution is -0.120. The molecule has 0 aromatic heterocycles. The Balaban J connectivity index is 1.83. The molecule has 31 heavy (non-hydrogen) atoms. The number of nitrogens with zero attached hydrogens (tertiary/aromatic N) is 1. The van der Waals surface area contributed by atoms with Crippen LogP contribution in [0, 0.1) is 0 Å². The number of nitrogens with one attached hydrogen (secondary N) is 1. The molecule has 0 fully saturated rings. The Morgan fingerprint density at radius 2 is 1.90 bits per heavy atom. The van der Waals surface area contributed by atoms with Crippen molar-refractivity contribution in [1.82, 2.24) is 4.90 Å². The first-order valence-electron chi connectivity index (χ1n) is 9.84. The molecular weight excluding hydrogens is 420 g/mol. The van der Waals surface area contributed by atoms with Crippen LogP contribution in [0.3, 0.4) is 0 Å². The quantitative estimate of drug-likeness (QED) is 0.626. The zero-order chi connectivity index (χ0) is 22.6. The fourth-order valence-corrected chi connectivity index (χ4v) is 4.10. The Morgan fingerprint density at radius 1 is 1.16 bits per heavy atom. The van der Waals surface area contributed by atoms with E-state index in [2.05, 4.69) is 5.32 Å². The molecule has 2 amide bonds. The predicted octanol–water partition coefficient (Wildman–Crippen LogP) is 2.26. The van der Waals surface area contributed by atoms with Gasteiger partial charge in [-0.15, -0.1) is 0 Å². The number of sulfone groups is 1. The van der Waals surface area contributed by atoms with Gasteiger partial charge in [-0.05, 0) is 43.2 Å². The van der Waals surface area contributed by atoms with Gasteiger partial charge in [0.15, 0.2) is 0 Å². The summed E-state index contributed by atoms with van der Waals surface area (Å²) in [6.07, 6.45) is 1.05. The maximum atomic E-state index is 13.1. The van der Waals surface area contributed by atoms with E-state index in [0.717, 1.165) is 11.8 Å². The first-order chi connectivity index (χ1) is 14.7. The Bertz CT molecular complexity index is 1110. The molecule has 0 spiro atoms. The Kier molecular flexibility index (Phi) is 6.74. The van der Waals surface area contributed by atoms with Crippen molar-refractivity contribution in [1.29, 1.82) is 0 Å². The fourth-order valence-electron chi connectivity index (χ4n) is 3.45. The minimum atomic E-state index is -3.34. The summed E-state index contributed by atoms with van der Waals surface area (Å²) in [5.41, 5.74) is 1.92. The van der Waals surface area contributed by atoms with Crippen LogP contribution in [0.25, 0.3) is 0 Å². The molecule has 1 aliphatic heterocycles. The number of fused-ring (bicyclic) bond motifs is 1.